The highest BCUT2D eigenvalue weighted by atomic mass is 35.5. The van der Waals surface area contributed by atoms with Crippen LogP contribution < -0.4 is 4.72 Å². The Morgan fingerprint density at radius 2 is 1.62 bits per heavy atom. The lowest BCUT2D eigenvalue weighted by molar-refractivity contribution is 0.581. The van der Waals surface area contributed by atoms with E-state index in [1.807, 2.05) is 6.92 Å². The molecule has 0 heterocycles. The van der Waals surface area contributed by atoms with Crippen LogP contribution in [0.15, 0.2) is 53.4 Å². The lowest BCUT2D eigenvalue weighted by Crippen LogP contribution is -2.27. The van der Waals surface area contributed by atoms with Crippen LogP contribution in [0.2, 0.25) is 5.02 Å². The monoisotopic (exact) mass is 343 g/mol. The van der Waals surface area contributed by atoms with Crippen molar-refractivity contribution < 1.29 is 8.42 Å². The maximum atomic E-state index is 12.1. The summed E-state index contributed by atoms with van der Waals surface area (Å²) in [6, 6.07) is 13.7. The molecule has 1 N–H and O–H groups in total. The van der Waals surface area contributed by atoms with Gasteiger partial charge in [0.2, 0.25) is 10.0 Å². The van der Waals surface area contributed by atoms with Crippen molar-refractivity contribution in [3.8, 4) is 0 Å². The Morgan fingerprint density at radius 3 is 2.19 bits per heavy atom. The molecule has 0 spiro atoms. The number of benzene rings is 2. The molecule has 0 unspecified atom stereocenters. The molecule has 2 aromatic rings. The first-order valence-electron chi connectivity index (χ1n) is 6.34. The van der Waals surface area contributed by atoms with Gasteiger partial charge >= 0.3 is 0 Å². The normalized spacial score (nSPS) is 13.1. The third-order valence-electron chi connectivity index (χ3n) is 3.02. The van der Waals surface area contributed by atoms with Gasteiger partial charge in [-0.25, -0.2) is 13.1 Å². The van der Waals surface area contributed by atoms with E-state index in [0.29, 0.717) is 5.02 Å². The molecule has 1 atom stereocenters. The second-order valence-electron chi connectivity index (χ2n) is 4.68. The third-order valence-corrected chi connectivity index (χ3v) is 5.11. The van der Waals surface area contributed by atoms with Gasteiger partial charge < -0.3 is 0 Å². The van der Waals surface area contributed by atoms with Crippen LogP contribution in [0.1, 0.15) is 16.5 Å². The third kappa shape index (κ3) is 4.45. The number of aryl methyl sites for hydroxylation is 1. The lowest BCUT2D eigenvalue weighted by atomic mass is 10.1. The van der Waals surface area contributed by atoms with Gasteiger partial charge in [0.15, 0.2) is 0 Å². The first-order valence-corrected chi connectivity index (χ1v) is 8.64. The zero-order valence-corrected chi connectivity index (χ0v) is 13.7. The number of sulfonamides is 1. The molecule has 6 heteroatoms. The van der Waals surface area contributed by atoms with Gasteiger partial charge in [-0.3, -0.25) is 0 Å². The van der Waals surface area contributed by atoms with E-state index in [2.05, 4.69) is 4.72 Å². The fraction of sp³-hybridized carbons (Fsp3) is 0.200. The highest BCUT2D eigenvalue weighted by Crippen LogP contribution is 2.22. The van der Waals surface area contributed by atoms with Gasteiger partial charge in [-0.15, -0.1) is 11.6 Å². The Kier molecular flexibility index (Phi) is 5.27. The summed E-state index contributed by atoms with van der Waals surface area (Å²) in [7, 11) is -3.55. The van der Waals surface area contributed by atoms with E-state index in [9.17, 15) is 8.42 Å². The maximum absolute atomic E-state index is 12.1. The highest BCUT2D eigenvalue weighted by Gasteiger charge is 2.16. The number of nitrogens with one attached hydrogen (secondary N) is 1. The Hall–Kier alpha value is -1.07. The van der Waals surface area contributed by atoms with Crippen molar-refractivity contribution in [3.63, 3.8) is 0 Å². The summed E-state index contributed by atoms with van der Waals surface area (Å²) in [6.45, 7) is 2.01. The molecular formula is C15H15Cl2NO2S. The van der Waals surface area contributed by atoms with Crippen LogP contribution in [-0.2, 0) is 10.0 Å². The first-order chi connectivity index (χ1) is 9.88. The smallest absolute Gasteiger partial charge is 0.209 e. The summed E-state index contributed by atoms with van der Waals surface area (Å²) in [4.78, 5) is 0.230. The van der Waals surface area contributed by atoms with E-state index in [1.165, 1.54) is 0 Å². The molecule has 0 radical (unpaired) electrons. The number of hydrogen-bond acceptors (Lipinski definition) is 2. The summed E-state index contributed by atoms with van der Waals surface area (Å²) in [5.74, 6) is 0. The number of rotatable bonds is 5. The SMILES string of the molecule is Cc1ccc(S(=O)(=O)NC[C@H](Cl)c2ccc(Cl)cc2)cc1. The van der Waals surface area contributed by atoms with Crippen LogP contribution in [-0.4, -0.2) is 15.0 Å². The summed E-state index contributed by atoms with van der Waals surface area (Å²) in [5.41, 5.74) is 1.82. The van der Waals surface area contributed by atoms with Crippen LogP contribution >= 0.6 is 23.2 Å². The van der Waals surface area contributed by atoms with Crippen molar-refractivity contribution in [2.45, 2.75) is 17.2 Å². The van der Waals surface area contributed by atoms with Crippen molar-refractivity contribution in [1.29, 1.82) is 0 Å². The quantitative estimate of drug-likeness (QED) is 0.836. The van der Waals surface area contributed by atoms with E-state index < -0.39 is 15.4 Å². The van der Waals surface area contributed by atoms with E-state index in [4.69, 9.17) is 23.2 Å². The van der Waals surface area contributed by atoms with Crippen LogP contribution in [0, 0.1) is 6.92 Å². The van der Waals surface area contributed by atoms with Crippen LogP contribution in [0.4, 0.5) is 0 Å². The van der Waals surface area contributed by atoms with Gasteiger partial charge in [0.25, 0.3) is 0 Å². The second-order valence-corrected chi connectivity index (χ2v) is 7.41. The zero-order valence-electron chi connectivity index (χ0n) is 11.4. The Morgan fingerprint density at radius 1 is 1.05 bits per heavy atom. The van der Waals surface area contributed by atoms with Gasteiger partial charge in [0, 0.05) is 11.6 Å². The predicted molar refractivity (Wildman–Crippen MR) is 86.4 cm³/mol. The Labute approximate surface area is 135 Å². The average molecular weight is 344 g/mol. The molecule has 0 fully saturated rings. The molecule has 0 amide bonds. The minimum absolute atomic E-state index is 0.111. The molecular weight excluding hydrogens is 329 g/mol. The summed E-state index contributed by atoms with van der Waals surface area (Å²) < 4.78 is 26.8. The highest BCUT2D eigenvalue weighted by molar-refractivity contribution is 7.89. The van der Waals surface area contributed by atoms with E-state index in [1.54, 1.807) is 48.5 Å². The van der Waals surface area contributed by atoms with Crippen LogP contribution in [0.3, 0.4) is 0 Å². The predicted octanol–water partition coefficient (Wildman–Crippen LogP) is 3.91. The molecule has 21 heavy (non-hydrogen) atoms. The standard InChI is InChI=1S/C15H15Cl2NO2S/c1-11-2-8-14(9-3-11)21(19,20)18-10-15(17)12-4-6-13(16)7-5-12/h2-9,15,18H,10H2,1H3/t15-/m0/s1. The number of alkyl halides is 1. The summed E-state index contributed by atoms with van der Waals surface area (Å²) in [5, 5.41) is 0.158. The Balaban J connectivity index is 2.04. The molecule has 2 rings (SSSR count). The second kappa shape index (κ2) is 6.79. The van der Waals surface area contributed by atoms with Gasteiger partial charge in [0.05, 0.1) is 10.3 Å². The van der Waals surface area contributed by atoms with Gasteiger partial charge in [-0.1, -0.05) is 41.4 Å². The van der Waals surface area contributed by atoms with Crippen LogP contribution in [0.5, 0.6) is 0 Å². The molecule has 0 aliphatic rings. The van der Waals surface area contributed by atoms with E-state index in [0.717, 1.165) is 11.1 Å². The van der Waals surface area contributed by atoms with Gasteiger partial charge in [-0.2, -0.15) is 0 Å². The minimum atomic E-state index is -3.55. The molecule has 3 nitrogen and oxygen atoms in total. The molecule has 0 saturated carbocycles. The molecule has 0 aliphatic carbocycles. The molecule has 112 valence electrons. The van der Waals surface area contributed by atoms with Crippen LogP contribution in [0.25, 0.3) is 0 Å². The largest absolute Gasteiger partial charge is 0.240 e. The average Bonchev–Trinajstić information content (AvgIpc) is 2.46. The molecule has 2 aromatic carbocycles. The van der Waals surface area contributed by atoms with Crippen molar-refractivity contribution in [3.05, 3.63) is 64.7 Å². The van der Waals surface area contributed by atoms with Crippen molar-refractivity contribution in [1.82, 2.24) is 4.72 Å². The van der Waals surface area contributed by atoms with Crippen molar-refractivity contribution >= 4 is 33.2 Å². The fourth-order valence-electron chi connectivity index (χ4n) is 1.77. The molecule has 0 saturated heterocycles. The lowest BCUT2D eigenvalue weighted by Gasteiger charge is -2.12. The van der Waals surface area contributed by atoms with E-state index in [-0.39, 0.29) is 11.4 Å². The van der Waals surface area contributed by atoms with Crippen molar-refractivity contribution in [2.75, 3.05) is 6.54 Å². The molecule has 0 aromatic heterocycles. The molecule has 0 aliphatic heterocycles. The van der Waals surface area contributed by atoms with E-state index >= 15 is 0 Å². The first kappa shape index (κ1) is 16.3. The summed E-state index contributed by atoms with van der Waals surface area (Å²) >= 11 is 12.0. The topological polar surface area (TPSA) is 46.2 Å². The van der Waals surface area contributed by atoms with Crippen molar-refractivity contribution in [2.24, 2.45) is 0 Å². The van der Waals surface area contributed by atoms with Gasteiger partial charge in [-0.05, 0) is 36.8 Å². The molecule has 0 bridgehead atoms. The van der Waals surface area contributed by atoms with Gasteiger partial charge in [0.1, 0.15) is 0 Å². The Bertz CT molecular complexity index is 697. The minimum Gasteiger partial charge on any atom is -0.209 e. The number of halogens is 2. The summed E-state index contributed by atoms with van der Waals surface area (Å²) in [6.07, 6.45) is 0. The fourth-order valence-corrected chi connectivity index (χ4v) is 3.26. The number of hydrogen-bond donors (Lipinski definition) is 1. The zero-order chi connectivity index (χ0) is 15.5. The maximum Gasteiger partial charge on any atom is 0.240 e.